The SMILES string of the molecule is CCOC(=O)[C@H]1[C@H]2C(=O)N(CCCCO)C(C(=O)Nc3ccccc3Cl)C23CC(Br)[C@@H]1O3. The van der Waals surface area contributed by atoms with E-state index in [0.29, 0.717) is 30.0 Å². The number of halogens is 2. The molecule has 6 atom stereocenters. The van der Waals surface area contributed by atoms with Crippen LogP contribution in [0.3, 0.4) is 0 Å². The Morgan fingerprint density at radius 1 is 1.38 bits per heavy atom. The van der Waals surface area contributed by atoms with Gasteiger partial charge in [-0.25, -0.2) is 0 Å². The second-order valence-corrected chi connectivity index (χ2v) is 9.93. The Balaban J connectivity index is 1.70. The van der Waals surface area contributed by atoms with Crippen LogP contribution in [0, 0.1) is 11.8 Å². The zero-order valence-electron chi connectivity index (χ0n) is 17.6. The molecule has 1 aromatic carbocycles. The van der Waals surface area contributed by atoms with Gasteiger partial charge >= 0.3 is 5.97 Å². The number of hydrogen-bond acceptors (Lipinski definition) is 6. The van der Waals surface area contributed by atoms with Crippen LogP contribution in [0.25, 0.3) is 0 Å². The van der Waals surface area contributed by atoms with Crippen molar-refractivity contribution in [2.75, 3.05) is 25.1 Å². The molecule has 3 unspecified atom stereocenters. The number of carbonyl (C=O) groups is 3. The fourth-order valence-corrected chi connectivity index (χ4v) is 6.46. The van der Waals surface area contributed by atoms with E-state index in [-0.39, 0.29) is 30.5 Å². The van der Waals surface area contributed by atoms with Crippen LogP contribution in [-0.4, -0.2) is 70.1 Å². The van der Waals surface area contributed by atoms with Gasteiger partial charge in [-0.3, -0.25) is 14.4 Å². The van der Waals surface area contributed by atoms with Crippen molar-refractivity contribution in [3.05, 3.63) is 29.3 Å². The summed E-state index contributed by atoms with van der Waals surface area (Å²) in [6.45, 7) is 2.17. The second-order valence-electron chi connectivity index (χ2n) is 8.35. The van der Waals surface area contributed by atoms with Crippen LogP contribution in [0.5, 0.6) is 0 Å². The highest BCUT2D eigenvalue weighted by molar-refractivity contribution is 9.09. The van der Waals surface area contributed by atoms with Gasteiger partial charge in [0.15, 0.2) is 0 Å². The Labute approximate surface area is 199 Å². The number of unbranched alkanes of at least 4 members (excludes halogenated alkanes) is 1. The number of nitrogens with one attached hydrogen (secondary N) is 1. The number of amides is 2. The number of ether oxygens (including phenoxy) is 2. The fraction of sp³-hybridized carbons (Fsp3) is 0.591. The number of aliphatic hydroxyl groups is 1. The van der Waals surface area contributed by atoms with Gasteiger partial charge in [0, 0.05) is 18.0 Å². The minimum atomic E-state index is -1.14. The zero-order chi connectivity index (χ0) is 23.0. The average molecular weight is 530 g/mol. The highest BCUT2D eigenvalue weighted by atomic mass is 79.9. The predicted octanol–water partition coefficient (Wildman–Crippen LogP) is 2.36. The number of alkyl halides is 1. The smallest absolute Gasteiger partial charge is 0.312 e. The third kappa shape index (κ3) is 3.73. The van der Waals surface area contributed by atoms with Crippen molar-refractivity contribution in [2.45, 2.75) is 48.8 Å². The minimum absolute atomic E-state index is 0.0133. The first kappa shape index (κ1) is 23.5. The lowest BCUT2D eigenvalue weighted by Gasteiger charge is -2.34. The monoisotopic (exact) mass is 528 g/mol. The summed E-state index contributed by atoms with van der Waals surface area (Å²) in [7, 11) is 0. The number of rotatable bonds is 8. The number of esters is 1. The molecule has 2 N–H and O–H groups in total. The summed E-state index contributed by atoms with van der Waals surface area (Å²) in [6, 6.07) is 5.93. The zero-order valence-corrected chi connectivity index (χ0v) is 20.0. The van der Waals surface area contributed by atoms with Crippen molar-refractivity contribution >= 4 is 51.0 Å². The van der Waals surface area contributed by atoms with Crippen LogP contribution >= 0.6 is 27.5 Å². The van der Waals surface area contributed by atoms with Crippen molar-refractivity contribution in [1.29, 1.82) is 0 Å². The molecule has 174 valence electrons. The highest BCUT2D eigenvalue weighted by Crippen LogP contribution is 2.60. The number of benzene rings is 1. The Kier molecular flexibility index (Phi) is 6.81. The summed E-state index contributed by atoms with van der Waals surface area (Å²) >= 11 is 9.83. The molecule has 2 bridgehead atoms. The van der Waals surface area contributed by atoms with E-state index in [2.05, 4.69) is 21.2 Å². The van der Waals surface area contributed by atoms with Crippen LogP contribution in [0.15, 0.2) is 24.3 Å². The Hall–Kier alpha value is -1.68. The molecular weight excluding hydrogens is 504 g/mol. The third-order valence-electron chi connectivity index (χ3n) is 6.54. The highest BCUT2D eigenvalue weighted by Gasteiger charge is 2.76. The summed E-state index contributed by atoms with van der Waals surface area (Å²) in [5.74, 6) is -2.76. The molecule has 8 nitrogen and oxygen atoms in total. The number of hydrogen-bond donors (Lipinski definition) is 2. The van der Waals surface area contributed by atoms with Crippen molar-refractivity contribution in [1.82, 2.24) is 4.90 Å². The molecule has 0 saturated carbocycles. The van der Waals surface area contributed by atoms with Crippen molar-refractivity contribution < 1.29 is 29.0 Å². The normalized spacial score (nSPS) is 32.8. The van der Waals surface area contributed by atoms with Crippen molar-refractivity contribution in [3.8, 4) is 0 Å². The molecule has 3 fully saturated rings. The fourth-order valence-electron chi connectivity index (χ4n) is 5.34. The molecule has 0 aromatic heterocycles. The Morgan fingerprint density at radius 2 is 2.12 bits per heavy atom. The van der Waals surface area contributed by atoms with Crippen LogP contribution in [0.4, 0.5) is 5.69 Å². The maximum atomic E-state index is 13.6. The summed E-state index contributed by atoms with van der Waals surface area (Å²) in [5.41, 5.74) is -0.704. The number of aliphatic hydroxyl groups excluding tert-OH is 1. The molecule has 10 heteroatoms. The van der Waals surface area contributed by atoms with E-state index in [1.54, 1.807) is 31.2 Å². The van der Waals surface area contributed by atoms with E-state index in [9.17, 15) is 19.5 Å². The molecule has 1 aromatic rings. The van der Waals surface area contributed by atoms with Gasteiger partial charge in [0.25, 0.3) is 0 Å². The molecule has 32 heavy (non-hydrogen) atoms. The van der Waals surface area contributed by atoms with E-state index in [4.69, 9.17) is 21.1 Å². The maximum absolute atomic E-state index is 13.6. The van der Waals surface area contributed by atoms with Crippen LogP contribution in [-0.2, 0) is 23.9 Å². The van der Waals surface area contributed by atoms with Crippen LogP contribution < -0.4 is 5.32 Å². The van der Waals surface area contributed by atoms with Gasteiger partial charge in [-0.15, -0.1) is 0 Å². The number of anilines is 1. The summed E-state index contributed by atoms with van der Waals surface area (Å²) < 4.78 is 11.6. The second kappa shape index (κ2) is 9.29. The van der Waals surface area contributed by atoms with E-state index >= 15 is 0 Å². The number of carbonyl (C=O) groups excluding carboxylic acids is 3. The first-order chi connectivity index (χ1) is 15.4. The molecule has 0 radical (unpaired) electrons. The first-order valence-electron chi connectivity index (χ1n) is 10.8. The predicted molar refractivity (Wildman–Crippen MR) is 120 cm³/mol. The molecule has 1 spiro atoms. The lowest BCUT2D eigenvalue weighted by Crippen LogP contribution is -2.54. The number of para-hydroxylation sites is 1. The lowest BCUT2D eigenvalue weighted by atomic mass is 9.70. The van der Waals surface area contributed by atoms with E-state index < -0.39 is 41.5 Å². The average Bonchev–Trinajstić information content (AvgIpc) is 3.34. The van der Waals surface area contributed by atoms with Gasteiger partial charge in [0.1, 0.15) is 11.6 Å². The van der Waals surface area contributed by atoms with Gasteiger partial charge in [0.2, 0.25) is 11.8 Å². The molecule has 3 aliphatic heterocycles. The standard InChI is InChI=1S/C22H26BrClN2O6/c1-2-31-21(30)15-16-20(29)26(9-5-6-10-27)18(22(16)11-12(23)17(15)32-22)19(28)25-14-8-4-3-7-13(14)24/h3-4,7-8,12,15-18,27H,2,5-6,9-11H2,1H3,(H,25,28)/t12?,15-,16-,17-,18?,22?/m0/s1. The van der Waals surface area contributed by atoms with Gasteiger partial charge in [-0.2, -0.15) is 0 Å². The maximum Gasteiger partial charge on any atom is 0.312 e. The molecule has 0 aliphatic carbocycles. The quantitative estimate of drug-likeness (QED) is 0.304. The third-order valence-corrected chi connectivity index (χ3v) is 7.71. The van der Waals surface area contributed by atoms with Crippen molar-refractivity contribution in [3.63, 3.8) is 0 Å². The number of nitrogens with zero attached hydrogens (tertiary/aromatic N) is 1. The summed E-state index contributed by atoms with van der Waals surface area (Å²) in [6.07, 6.45) is 0.887. The Bertz CT molecular complexity index is 916. The van der Waals surface area contributed by atoms with E-state index in [1.165, 1.54) is 4.90 Å². The summed E-state index contributed by atoms with van der Waals surface area (Å²) in [5, 5.41) is 12.4. The molecule has 4 rings (SSSR count). The van der Waals surface area contributed by atoms with Crippen LogP contribution in [0.2, 0.25) is 5.02 Å². The van der Waals surface area contributed by atoms with Gasteiger partial charge < -0.3 is 24.8 Å². The van der Waals surface area contributed by atoms with E-state index in [1.807, 2.05) is 0 Å². The first-order valence-corrected chi connectivity index (χ1v) is 12.1. The largest absolute Gasteiger partial charge is 0.466 e. The van der Waals surface area contributed by atoms with Gasteiger partial charge in [-0.1, -0.05) is 39.7 Å². The molecule has 3 aliphatic rings. The van der Waals surface area contributed by atoms with Crippen LogP contribution in [0.1, 0.15) is 26.2 Å². The summed E-state index contributed by atoms with van der Waals surface area (Å²) in [4.78, 5) is 41.3. The van der Waals surface area contributed by atoms with Gasteiger partial charge in [-0.05, 0) is 38.3 Å². The molecule has 3 saturated heterocycles. The Morgan fingerprint density at radius 3 is 2.81 bits per heavy atom. The number of likely N-dealkylation sites (tertiary alicyclic amines) is 1. The number of fused-ring (bicyclic) bond motifs is 1. The topological polar surface area (TPSA) is 105 Å². The lowest BCUT2D eigenvalue weighted by molar-refractivity contribution is -0.154. The van der Waals surface area contributed by atoms with Crippen molar-refractivity contribution in [2.24, 2.45) is 11.8 Å². The molecule has 2 amide bonds. The molecular formula is C22H26BrClN2O6. The van der Waals surface area contributed by atoms with E-state index in [0.717, 1.165) is 0 Å². The minimum Gasteiger partial charge on any atom is -0.466 e. The molecule has 3 heterocycles. The van der Waals surface area contributed by atoms with Gasteiger partial charge in [0.05, 0.1) is 35.3 Å².